The van der Waals surface area contributed by atoms with Gasteiger partial charge in [-0.3, -0.25) is 29.3 Å². The first-order valence-corrected chi connectivity index (χ1v) is 12.5. The van der Waals surface area contributed by atoms with E-state index in [0.717, 1.165) is 29.5 Å². The Kier molecular flexibility index (Phi) is 6.38. The zero-order valence-corrected chi connectivity index (χ0v) is 20.0. The number of carbonyl (C=O) groups excluding carboxylic acids is 3. The van der Waals surface area contributed by atoms with Crippen LogP contribution in [0.15, 0.2) is 33.9 Å². The number of nitrogens with one attached hydrogen (secondary N) is 4. The summed E-state index contributed by atoms with van der Waals surface area (Å²) in [5.41, 5.74) is 1.69. The molecule has 0 radical (unpaired) electrons. The smallest absolute Gasteiger partial charge is 0.329 e. The Morgan fingerprint density at radius 3 is 2.50 bits per heavy atom. The molecule has 3 aliphatic rings. The molecule has 11 heteroatoms. The van der Waals surface area contributed by atoms with Gasteiger partial charge in [0.1, 0.15) is 11.4 Å². The molecule has 4 amide bonds. The van der Waals surface area contributed by atoms with E-state index in [9.17, 15) is 24.0 Å². The molecule has 1 spiro atoms. The third-order valence-electron chi connectivity index (χ3n) is 7.40. The number of aromatic amines is 1. The van der Waals surface area contributed by atoms with Gasteiger partial charge in [0, 0.05) is 37.8 Å². The largest absolute Gasteiger partial charge is 0.342 e. The van der Waals surface area contributed by atoms with Crippen LogP contribution in [0.4, 0.5) is 16.3 Å². The van der Waals surface area contributed by atoms with E-state index in [1.54, 1.807) is 4.90 Å². The summed E-state index contributed by atoms with van der Waals surface area (Å²) in [7, 11) is 0. The van der Waals surface area contributed by atoms with Crippen molar-refractivity contribution in [3.63, 3.8) is 0 Å². The number of unbranched alkanes of at least 4 members (excludes halogenated alkanes) is 1. The Hall–Kier alpha value is -3.89. The molecule has 2 aliphatic heterocycles. The highest BCUT2D eigenvalue weighted by molar-refractivity contribution is 6.07. The summed E-state index contributed by atoms with van der Waals surface area (Å²) in [6.45, 7) is 1.00. The number of hydrogen-bond acceptors (Lipinski definition) is 6. The predicted octanol–water partition coefficient (Wildman–Crippen LogP) is 1.14. The molecule has 2 fully saturated rings. The Bertz CT molecular complexity index is 1290. The number of H-pyrrole nitrogens is 1. The molecule has 2 aromatic rings. The number of amides is 4. The SMILES string of the molecule is O=C1NC(=O)C2(CCN(C(=O)CCCCn3c(=O)cc(Nc4ccc5c(c4)CCC5)[nH]c3=O)CC2)N1. The van der Waals surface area contributed by atoms with Crippen LogP contribution in [-0.2, 0) is 29.0 Å². The minimum Gasteiger partial charge on any atom is -0.342 e. The van der Waals surface area contributed by atoms with Crippen LogP contribution >= 0.6 is 0 Å². The first-order chi connectivity index (χ1) is 17.3. The maximum Gasteiger partial charge on any atom is 0.329 e. The highest BCUT2D eigenvalue weighted by Crippen LogP contribution is 2.27. The quantitative estimate of drug-likeness (QED) is 0.336. The molecule has 0 atom stereocenters. The minimum absolute atomic E-state index is 0.0373. The Morgan fingerprint density at radius 2 is 1.78 bits per heavy atom. The molecule has 4 N–H and O–H groups in total. The number of urea groups is 1. The fourth-order valence-corrected chi connectivity index (χ4v) is 5.33. The summed E-state index contributed by atoms with van der Waals surface area (Å²) in [6.07, 6.45) is 5.36. The standard InChI is InChI=1S/C25H30N6O5/c32-20(30-12-9-25(10-13-30)22(34)28-23(35)29-25)6-1-2-11-31-21(33)15-19(27-24(31)36)26-18-8-7-16-4-3-5-17(16)14-18/h7-8,14-15,26H,1-6,9-13H2,(H,27,36)(H2,28,29,34,35). The Labute approximate surface area is 207 Å². The summed E-state index contributed by atoms with van der Waals surface area (Å²) in [6, 6.07) is 6.98. The van der Waals surface area contributed by atoms with Gasteiger partial charge in [0.25, 0.3) is 11.5 Å². The maximum absolute atomic E-state index is 12.6. The summed E-state index contributed by atoms with van der Waals surface area (Å²) < 4.78 is 1.14. The van der Waals surface area contributed by atoms with Crippen molar-refractivity contribution in [3.05, 3.63) is 56.2 Å². The van der Waals surface area contributed by atoms with Crippen LogP contribution in [0.1, 0.15) is 49.7 Å². The summed E-state index contributed by atoms with van der Waals surface area (Å²) >= 11 is 0. The normalized spacial score (nSPS) is 18.2. The number of rotatable bonds is 7. The van der Waals surface area contributed by atoms with Crippen molar-refractivity contribution < 1.29 is 14.4 Å². The van der Waals surface area contributed by atoms with Crippen LogP contribution in [0.5, 0.6) is 0 Å². The van der Waals surface area contributed by atoms with Gasteiger partial charge in [-0.1, -0.05) is 6.07 Å². The van der Waals surface area contributed by atoms with E-state index in [4.69, 9.17) is 0 Å². The third-order valence-corrected chi connectivity index (χ3v) is 7.40. The monoisotopic (exact) mass is 494 g/mol. The van der Waals surface area contributed by atoms with Crippen molar-refractivity contribution in [1.82, 2.24) is 25.1 Å². The topological polar surface area (TPSA) is 145 Å². The fraction of sp³-hybridized carbons (Fsp3) is 0.480. The van der Waals surface area contributed by atoms with Crippen molar-refractivity contribution in [2.24, 2.45) is 0 Å². The lowest BCUT2D eigenvalue weighted by atomic mass is 9.87. The van der Waals surface area contributed by atoms with Gasteiger partial charge in [-0.05, 0) is 68.2 Å². The van der Waals surface area contributed by atoms with Crippen LogP contribution < -0.4 is 27.2 Å². The fourth-order valence-electron chi connectivity index (χ4n) is 5.33. The second-order valence-electron chi connectivity index (χ2n) is 9.77. The second kappa shape index (κ2) is 9.63. The van der Waals surface area contributed by atoms with Crippen molar-refractivity contribution >= 4 is 29.4 Å². The number of hydrogen-bond donors (Lipinski definition) is 4. The molecule has 3 heterocycles. The number of anilines is 2. The first kappa shape index (κ1) is 23.8. The van der Waals surface area contributed by atoms with Crippen molar-refractivity contribution in [2.75, 3.05) is 18.4 Å². The highest BCUT2D eigenvalue weighted by Gasteiger charge is 2.48. The molecular weight excluding hydrogens is 464 g/mol. The van der Waals surface area contributed by atoms with Crippen LogP contribution in [-0.4, -0.2) is 50.9 Å². The van der Waals surface area contributed by atoms with Crippen molar-refractivity contribution in [2.45, 2.75) is 63.5 Å². The molecule has 0 unspecified atom stereocenters. The molecule has 0 saturated carbocycles. The lowest BCUT2D eigenvalue weighted by Gasteiger charge is -2.37. The first-order valence-electron chi connectivity index (χ1n) is 12.5. The van der Waals surface area contributed by atoms with E-state index in [1.807, 2.05) is 6.07 Å². The molecule has 2 saturated heterocycles. The molecule has 5 rings (SSSR count). The molecule has 1 aromatic carbocycles. The van der Waals surface area contributed by atoms with E-state index in [0.29, 0.717) is 44.6 Å². The number of benzene rings is 1. The minimum atomic E-state index is -0.905. The van der Waals surface area contributed by atoms with Gasteiger partial charge in [0.2, 0.25) is 5.91 Å². The Morgan fingerprint density at radius 1 is 1.00 bits per heavy atom. The van der Waals surface area contributed by atoms with Gasteiger partial charge >= 0.3 is 11.7 Å². The number of likely N-dealkylation sites (tertiary alicyclic amines) is 1. The van der Waals surface area contributed by atoms with Crippen LogP contribution in [0, 0.1) is 0 Å². The van der Waals surface area contributed by atoms with Crippen LogP contribution in [0.3, 0.4) is 0 Å². The molecule has 190 valence electrons. The average molecular weight is 495 g/mol. The predicted molar refractivity (Wildman–Crippen MR) is 132 cm³/mol. The zero-order chi connectivity index (χ0) is 25.3. The Balaban J connectivity index is 1.10. The summed E-state index contributed by atoms with van der Waals surface area (Å²) in [4.78, 5) is 65.5. The van der Waals surface area contributed by atoms with E-state index in [-0.39, 0.29) is 24.8 Å². The number of carbonyl (C=O) groups is 3. The summed E-state index contributed by atoms with van der Waals surface area (Å²) in [5, 5.41) is 8.06. The third kappa shape index (κ3) is 4.77. The molecule has 1 aromatic heterocycles. The summed E-state index contributed by atoms with van der Waals surface area (Å²) in [5.74, 6) is -0.0159. The number of aryl methyl sites for hydroxylation is 2. The molecule has 1 aliphatic carbocycles. The molecular formula is C25H30N6O5. The number of piperidine rings is 1. The molecule has 36 heavy (non-hydrogen) atoms. The van der Waals surface area contributed by atoms with E-state index < -0.39 is 22.8 Å². The van der Waals surface area contributed by atoms with Gasteiger partial charge in [-0.25, -0.2) is 9.59 Å². The second-order valence-corrected chi connectivity index (χ2v) is 9.77. The van der Waals surface area contributed by atoms with Gasteiger partial charge < -0.3 is 15.5 Å². The van der Waals surface area contributed by atoms with Gasteiger partial charge in [0.05, 0.1) is 0 Å². The van der Waals surface area contributed by atoms with Crippen LogP contribution in [0.2, 0.25) is 0 Å². The number of aromatic nitrogens is 2. The zero-order valence-electron chi connectivity index (χ0n) is 20.0. The maximum atomic E-state index is 12.6. The van der Waals surface area contributed by atoms with Crippen molar-refractivity contribution in [1.29, 1.82) is 0 Å². The van der Waals surface area contributed by atoms with E-state index in [2.05, 4.69) is 33.1 Å². The highest BCUT2D eigenvalue weighted by atomic mass is 16.2. The van der Waals surface area contributed by atoms with Crippen LogP contribution in [0.25, 0.3) is 0 Å². The van der Waals surface area contributed by atoms with E-state index >= 15 is 0 Å². The number of imide groups is 1. The molecule has 0 bridgehead atoms. The number of nitrogens with zero attached hydrogens (tertiary/aromatic N) is 2. The van der Waals surface area contributed by atoms with E-state index in [1.165, 1.54) is 17.2 Å². The molecule has 11 nitrogen and oxygen atoms in total. The number of fused-ring (bicyclic) bond motifs is 1. The van der Waals surface area contributed by atoms with Gasteiger partial charge in [-0.2, -0.15) is 0 Å². The van der Waals surface area contributed by atoms with Crippen molar-refractivity contribution in [3.8, 4) is 0 Å². The lowest BCUT2D eigenvalue weighted by molar-refractivity contribution is -0.135. The van der Waals surface area contributed by atoms with Gasteiger partial charge in [-0.15, -0.1) is 0 Å². The van der Waals surface area contributed by atoms with Gasteiger partial charge in [0.15, 0.2) is 0 Å². The average Bonchev–Trinajstić information content (AvgIpc) is 3.41. The lowest BCUT2D eigenvalue weighted by Crippen LogP contribution is -2.55.